The summed E-state index contributed by atoms with van der Waals surface area (Å²) in [5.74, 6) is 0.903. The first kappa shape index (κ1) is 13.2. The van der Waals surface area contributed by atoms with Gasteiger partial charge in [0, 0.05) is 23.4 Å². The second-order valence-corrected chi connectivity index (χ2v) is 5.92. The molecule has 0 aliphatic carbocycles. The van der Waals surface area contributed by atoms with Gasteiger partial charge in [-0.1, -0.05) is 37.6 Å². The third-order valence-electron chi connectivity index (χ3n) is 3.21. The summed E-state index contributed by atoms with van der Waals surface area (Å²) in [5.41, 5.74) is 9.37. The van der Waals surface area contributed by atoms with E-state index in [1.54, 1.807) is 11.3 Å². The molecule has 0 saturated heterocycles. The molecule has 0 spiro atoms. The molecular formula is C15H20N2S. The lowest BCUT2D eigenvalue weighted by atomic mass is 9.97. The van der Waals surface area contributed by atoms with E-state index in [4.69, 9.17) is 10.7 Å². The number of aromatic nitrogens is 1. The van der Waals surface area contributed by atoms with E-state index in [1.165, 1.54) is 11.1 Å². The second-order valence-electron chi connectivity index (χ2n) is 5.03. The Kier molecular flexibility index (Phi) is 4.15. The monoisotopic (exact) mass is 260 g/mol. The third kappa shape index (κ3) is 2.79. The van der Waals surface area contributed by atoms with Gasteiger partial charge in [-0.25, -0.2) is 4.98 Å². The standard InChI is InChI=1S/C15H20N2S/c1-10(2)13(8-16)15-17-14(9-18-15)12-6-4-5-11(3)7-12/h4-7,9-10,13H,8,16H2,1-3H3. The molecule has 18 heavy (non-hydrogen) atoms. The summed E-state index contributed by atoms with van der Waals surface area (Å²) in [5, 5.41) is 3.29. The van der Waals surface area contributed by atoms with Gasteiger partial charge in [0.25, 0.3) is 0 Å². The van der Waals surface area contributed by atoms with Gasteiger partial charge in [-0.15, -0.1) is 11.3 Å². The van der Waals surface area contributed by atoms with E-state index < -0.39 is 0 Å². The number of hydrogen-bond acceptors (Lipinski definition) is 3. The van der Waals surface area contributed by atoms with Gasteiger partial charge in [0.15, 0.2) is 0 Å². The maximum absolute atomic E-state index is 5.84. The molecule has 1 heterocycles. The fourth-order valence-corrected chi connectivity index (χ4v) is 3.17. The highest BCUT2D eigenvalue weighted by atomic mass is 32.1. The number of benzene rings is 1. The molecule has 96 valence electrons. The predicted molar refractivity (Wildman–Crippen MR) is 78.9 cm³/mol. The van der Waals surface area contributed by atoms with E-state index in [0.29, 0.717) is 18.4 Å². The lowest BCUT2D eigenvalue weighted by Gasteiger charge is -2.15. The third-order valence-corrected chi connectivity index (χ3v) is 4.19. The maximum atomic E-state index is 5.84. The number of hydrogen-bond donors (Lipinski definition) is 1. The maximum Gasteiger partial charge on any atom is 0.0978 e. The lowest BCUT2D eigenvalue weighted by Crippen LogP contribution is -2.17. The van der Waals surface area contributed by atoms with Crippen molar-refractivity contribution in [3.8, 4) is 11.3 Å². The summed E-state index contributed by atoms with van der Waals surface area (Å²) in [6.45, 7) is 7.17. The van der Waals surface area contributed by atoms with Crippen LogP contribution in [0.5, 0.6) is 0 Å². The SMILES string of the molecule is Cc1cccc(-c2csc(C(CN)C(C)C)n2)c1. The van der Waals surface area contributed by atoms with E-state index >= 15 is 0 Å². The number of rotatable bonds is 4. The molecule has 0 radical (unpaired) electrons. The summed E-state index contributed by atoms with van der Waals surface area (Å²) in [4.78, 5) is 4.75. The van der Waals surface area contributed by atoms with Crippen LogP contribution in [0.15, 0.2) is 29.6 Å². The van der Waals surface area contributed by atoms with E-state index in [2.05, 4.69) is 50.4 Å². The zero-order valence-electron chi connectivity index (χ0n) is 11.2. The summed E-state index contributed by atoms with van der Waals surface area (Å²) in [6.07, 6.45) is 0. The Morgan fingerprint density at radius 3 is 2.72 bits per heavy atom. The largest absolute Gasteiger partial charge is 0.330 e. The molecule has 1 atom stereocenters. The van der Waals surface area contributed by atoms with Crippen LogP contribution in [-0.2, 0) is 0 Å². The predicted octanol–water partition coefficient (Wildman–Crippen LogP) is 3.82. The molecule has 0 bridgehead atoms. The van der Waals surface area contributed by atoms with Crippen molar-refractivity contribution in [2.24, 2.45) is 11.7 Å². The molecule has 1 aromatic heterocycles. The molecule has 0 fully saturated rings. The van der Waals surface area contributed by atoms with Crippen LogP contribution in [0, 0.1) is 12.8 Å². The van der Waals surface area contributed by atoms with Crippen LogP contribution >= 0.6 is 11.3 Å². The second kappa shape index (κ2) is 5.63. The smallest absolute Gasteiger partial charge is 0.0978 e. The van der Waals surface area contributed by atoms with Crippen molar-refractivity contribution in [1.29, 1.82) is 0 Å². The molecule has 3 heteroatoms. The Morgan fingerprint density at radius 2 is 2.11 bits per heavy atom. The highest BCUT2D eigenvalue weighted by molar-refractivity contribution is 7.10. The highest BCUT2D eigenvalue weighted by Gasteiger charge is 2.18. The summed E-state index contributed by atoms with van der Waals surface area (Å²) in [7, 11) is 0. The van der Waals surface area contributed by atoms with Gasteiger partial charge in [0.1, 0.15) is 0 Å². The van der Waals surface area contributed by atoms with E-state index in [-0.39, 0.29) is 0 Å². The summed E-state index contributed by atoms with van der Waals surface area (Å²) >= 11 is 1.72. The van der Waals surface area contributed by atoms with Gasteiger partial charge in [-0.3, -0.25) is 0 Å². The lowest BCUT2D eigenvalue weighted by molar-refractivity contribution is 0.504. The van der Waals surface area contributed by atoms with Crippen molar-refractivity contribution in [2.45, 2.75) is 26.7 Å². The van der Waals surface area contributed by atoms with Gasteiger partial charge >= 0.3 is 0 Å². The first-order valence-corrected chi connectivity index (χ1v) is 7.22. The fraction of sp³-hybridized carbons (Fsp3) is 0.400. The molecule has 2 aromatic rings. The van der Waals surface area contributed by atoms with Crippen molar-refractivity contribution in [3.63, 3.8) is 0 Å². The Morgan fingerprint density at radius 1 is 1.33 bits per heavy atom. The van der Waals surface area contributed by atoms with Crippen LogP contribution in [0.1, 0.15) is 30.3 Å². The molecule has 1 unspecified atom stereocenters. The highest BCUT2D eigenvalue weighted by Crippen LogP contribution is 2.30. The van der Waals surface area contributed by atoms with Crippen LogP contribution in [0.3, 0.4) is 0 Å². The van der Waals surface area contributed by atoms with Crippen LogP contribution in [0.4, 0.5) is 0 Å². The normalized spacial score (nSPS) is 12.9. The molecule has 0 aliphatic rings. The van der Waals surface area contributed by atoms with Crippen LogP contribution in [0.2, 0.25) is 0 Å². The Hall–Kier alpha value is -1.19. The fourth-order valence-electron chi connectivity index (χ4n) is 2.05. The molecule has 1 aromatic carbocycles. The zero-order chi connectivity index (χ0) is 13.1. The Labute approximate surface area is 113 Å². The van der Waals surface area contributed by atoms with E-state index in [9.17, 15) is 0 Å². The van der Waals surface area contributed by atoms with Crippen LogP contribution in [0.25, 0.3) is 11.3 Å². The van der Waals surface area contributed by atoms with Gasteiger partial charge in [0.2, 0.25) is 0 Å². The Bertz CT molecular complexity index is 517. The minimum atomic E-state index is 0.369. The number of thiazole rings is 1. The quantitative estimate of drug-likeness (QED) is 0.907. The number of nitrogens with zero attached hydrogens (tertiary/aromatic N) is 1. The van der Waals surface area contributed by atoms with Gasteiger partial charge < -0.3 is 5.73 Å². The molecule has 2 rings (SSSR count). The van der Waals surface area contributed by atoms with E-state index in [1.807, 2.05) is 0 Å². The van der Waals surface area contributed by atoms with Gasteiger partial charge in [-0.05, 0) is 18.9 Å². The van der Waals surface area contributed by atoms with Crippen LogP contribution in [-0.4, -0.2) is 11.5 Å². The molecule has 0 amide bonds. The van der Waals surface area contributed by atoms with Gasteiger partial charge in [0.05, 0.1) is 10.7 Å². The average molecular weight is 260 g/mol. The molecule has 2 nitrogen and oxygen atoms in total. The molecular weight excluding hydrogens is 240 g/mol. The average Bonchev–Trinajstić information content (AvgIpc) is 2.79. The summed E-state index contributed by atoms with van der Waals surface area (Å²) in [6, 6.07) is 8.46. The van der Waals surface area contributed by atoms with Crippen molar-refractivity contribution in [2.75, 3.05) is 6.54 Å². The molecule has 0 saturated carbocycles. The minimum absolute atomic E-state index is 0.369. The zero-order valence-corrected chi connectivity index (χ0v) is 12.0. The minimum Gasteiger partial charge on any atom is -0.330 e. The van der Waals surface area contributed by atoms with E-state index in [0.717, 1.165) is 10.7 Å². The topological polar surface area (TPSA) is 38.9 Å². The van der Waals surface area contributed by atoms with Crippen molar-refractivity contribution >= 4 is 11.3 Å². The van der Waals surface area contributed by atoms with Crippen molar-refractivity contribution in [1.82, 2.24) is 4.98 Å². The number of aryl methyl sites for hydroxylation is 1. The van der Waals surface area contributed by atoms with Crippen molar-refractivity contribution < 1.29 is 0 Å². The first-order chi connectivity index (χ1) is 8.61. The van der Waals surface area contributed by atoms with Gasteiger partial charge in [-0.2, -0.15) is 0 Å². The van der Waals surface area contributed by atoms with Crippen molar-refractivity contribution in [3.05, 3.63) is 40.2 Å². The molecule has 0 aliphatic heterocycles. The number of nitrogens with two attached hydrogens (primary N) is 1. The Balaban J connectivity index is 2.30. The summed E-state index contributed by atoms with van der Waals surface area (Å²) < 4.78 is 0. The molecule has 2 N–H and O–H groups in total. The first-order valence-electron chi connectivity index (χ1n) is 6.34. The van der Waals surface area contributed by atoms with Crippen LogP contribution < -0.4 is 5.73 Å².